The highest BCUT2D eigenvalue weighted by molar-refractivity contribution is 7.09. The number of rotatable bonds is 7. The molecule has 0 saturated carbocycles. The molecule has 1 aromatic rings. The molecule has 0 aliphatic rings. The Morgan fingerprint density at radius 1 is 1.41 bits per heavy atom. The summed E-state index contributed by atoms with van der Waals surface area (Å²) in [5.41, 5.74) is 0. The van der Waals surface area contributed by atoms with Crippen LogP contribution in [-0.2, 0) is 11.3 Å². The Labute approximate surface area is 108 Å². The molecule has 4 heteroatoms. The van der Waals surface area contributed by atoms with Crippen molar-refractivity contribution in [3.63, 3.8) is 0 Å². The van der Waals surface area contributed by atoms with Crippen LogP contribution in [0.25, 0.3) is 0 Å². The molecule has 0 saturated heterocycles. The maximum absolute atomic E-state index is 11.7. The van der Waals surface area contributed by atoms with Crippen molar-refractivity contribution in [2.75, 3.05) is 6.54 Å². The monoisotopic (exact) mass is 254 g/mol. The molecule has 1 rings (SSSR count). The van der Waals surface area contributed by atoms with Gasteiger partial charge in [0.25, 0.3) is 0 Å². The molecule has 1 amide bonds. The number of thiophene rings is 1. The zero-order valence-electron chi connectivity index (χ0n) is 10.8. The lowest BCUT2D eigenvalue weighted by Gasteiger charge is -2.14. The summed E-state index contributed by atoms with van der Waals surface area (Å²) in [5, 5.41) is 8.21. The highest BCUT2D eigenvalue weighted by atomic mass is 32.1. The fourth-order valence-corrected chi connectivity index (χ4v) is 2.05. The number of hydrogen-bond donors (Lipinski definition) is 2. The highest BCUT2D eigenvalue weighted by Gasteiger charge is 2.11. The SMILES string of the molecule is CC(C)CCNC(=O)C(C)NCc1cccs1. The Morgan fingerprint density at radius 3 is 2.76 bits per heavy atom. The first kappa shape index (κ1) is 14.2. The molecule has 17 heavy (non-hydrogen) atoms. The maximum atomic E-state index is 11.7. The smallest absolute Gasteiger partial charge is 0.236 e. The molecule has 0 fully saturated rings. The second-order valence-corrected chi connectivity index (χ2v) is 5.69. The molecule has 0 aliphatic heterocycles. The number of amides is 1. The average Bonchev–Trinajstić information content (AvgIpc) is 2.78. The average molecular weight is 254 g/mol. The highest BCUT2D eigenvalue weighted by Crippen LogP contribution is 2.07. The summed E-state index contributed by atoms with van der Waals surface area (Å²) >= 11 is 1.70. The van der Waals surface area contributed by atoms with Crippen LogP contribution in [0.4, 0.5) is 0 Å². The molecular weight excluding hydrogens is 232 g/mol. The van der Waals surface area contributed by atoms with E-state index in [-0.39, 0.29) is 11.9 Å². The third-order valence-corrected chi connectivity index (χ3v) is 3.45. The van der Waals surface area contributed by atoms with Gasteiger partial charge in [-0.25, -0.2) is 0 Å². The fourth-order valence-electron chi connectivity index (χ4n) is 1.40. The van der Waals surface area contributed by atoms with E-state index in [0.717, 1.165) is 19.5 Å². The van der Waals surface area contributed by atoms with Gasteiger partial charge in [-0.15, -0.1) is 11.3 Å². The maximum Gasteiger partial charge on any atom is 0.236 e. The van der Waals surface area contributed by atoms with Crippen molar-refractivity contribution in [1.82, 2.24) is 10.6 Å². The van der Waals surface area contributed by atoms with E-state index in [1.165, 1.54) is 4.88 Å². The zero-order valence-corrected chi connectivity index (χ0v) is 11.6. The van der Waals surface area contributed by atoms with Gasteiger partial charge in [0.2, 0.25) is 5.91 Å². The largest absolute Gasteiger partial charge is 0.355 e. The summed E-state index contributed by atoms with van der Waals surface area (Å²) in [6.45, 7) is 7.74. The third-order valence-electron chi connectivity index (χ3n) is 2.58. The molecule has 1 atom stereocenters. The van der Waals surface area contributed by atoms with Crippen LogP contribution in [0, 0.1) is 5.92 Å². The first-order chi connectivity index (χ1) is 8.09. The topological polar surface area (TPSA) is 41.1 Å². The van der Waals surface area contributed by atoms with Gasteiger partial charge in [0.05, 0.1) is 6.04 Å². The molecule has 2 N–H and O–H groups in total. The lowest BCUT2D eigenvalue weighted by molar-refractivity contribution is -0.122. The van der Waals surface area contributed by atoms with E-state index in [9.17, 15) is 4.79 Å². The van der Waals surface area contributed by atoms with Gasteiger partial charge in [0.15, 0.2) is 0 Å². The van der Waals surface area contributed by atoms with Gasteiger partial charge in [0.1, 0.15) is 0 Å². The van der Waals surface area contributed by atoms with E-state index in [4.69, 9.17) is 0 Å². The molecule has 1 unspecified atom stereocenters. The van der Waals surface area contributed by atoms with Crippen molar-refractivity contribution in [1.29, 1.82) is 0 Å². The van der Waals surface area contributed by atoms with Crippen molar-refractivity contribution in [3.05, 3.63) is 22.4 Å². The van der Waals surface area contributed by atoms with E-state index in [2.05, 4.69) is 30.5 Å². The van der Waals surface area contributed by atoms with Crippen molar-refractivity contribution in [3.8, 4) is 0 Å². The third kappa shape index (κ3) is 5.84. The second kappa shape index (κ2) is 7.45. The van der Waals surface area contributed by atoms with Crippen LogP contribution >= 0.6 is 11.3 Å². The number of hydrogen-bond acceptors (Lipinski definition) is 3. The van der Waals surface area contributed by atoms with Crippen LogP contribution in [0.1, 0.15) is 32.1 Å². The van der Waals surface area contributed by atoms with Gasteiger partial charge in [-0.2, -0.15) is 0 Å². The predicted octanol–water partition coefficient (Wildman–Crippen LogP) is 2.39. The van der Waals surface area contributed by atoms with Gasteiger partial charge in [0, 0.05) is 18.0 Å². The van der Waals surface area contributed by atoms with Crippen molar-refractivity contribution >= 4 is 17.2 Å². The van der Waals surface area contributed by atoms with E-state index in [0.29, 0.717) is 5.92 Å². The summed E-state index contributed by atoms with van der Waals surface area (Å²) in [6, 6.07) is 3.96. The normalized spacial score (nSPS) is 12.7. The molecule has 0 aromatic carbocycles. The van der Waals surface area contributed by atoms with Crippen LogP contribution in [0.2, 0.25) is 0 Å². The molecular formula is C13H22N2OS. The van der Waals surface area contributed by atoms with E-state index in [1.807, 2.05) is 18.4 Å². The van der Waals surface area contributed by atoms with Crippen molar-refractivity contribution < 1.29 is 4.79 Å². The van der Waals surface area contributed by atoms with E-state index < -0.39 is 0 Å². The minimum absolute atomic E-state index is 0.0854. The molecule has 0 aliphatic carbocycles. The molecule has 0 bridgehead atoms. The Hall–Kier alpha value is -0.870. The minimum Gasteiger partial charge on any atom is -0.355 e. The molecule has 3 nitrogen and oxygen atoms in total. The van der Waals surface area contributed by atoms with Gasteiger partial charge in [-0.1, -0.05) is 19.9 Å². The summed E-state index contributed by atoms with van der Waals surface area (Å²) in [5.74, 6) is 0.715. The summed E-state index contributed by atoms with van der Waals surface area (Å²) in [7, 11) is 0. The van der Waals surface area contributed by atoms with Crippen molar-refractivity contribution in [2.45, 2.75) is 39.8 Å². The van der Waals surface area contributed by atoms with Gasteiger partial charge >= 0.3 is 0 Å². The first-order valence-corrected chi connectivity index (χ1v) is 7.01. The summed E-state index contributed by atoms with van der Waals surface area (Å²) < 4.78 is 0. The lowest BCUT2D eigenvalue weighted by atomic mass is 10.1. The van der Waals surface area contributed by atoms with Gasteiger partial charge in [-0.05, 0) is 30.7 Å². The minimum atomic E-state index is -0.135. The lowest BCUT2D eigenvalue weighted by Crippen LogP contribution is -2.42. The Kier molecular flexibility index (Phi) is 6.22. The van der Waals surface area contributed by atoms with Crippen molar-refractivity contribution in [2.24, 2.45) is 5.92 Å². The fraction of sp³-hybridized carbons (Fsp3) is 0.615. The van der Waals surface area contributed by atoms with Gasteiger partial charge in [-0.3, -0.25) is 4.79 Å². The second-order valence-electron chi connectivity index (χ2n) is 4.66. The summed E-state index contributed by atoms with van der Waals surface area (Å²) in [4.78, 5) is 13.0. The number of carbonyl (C=O) groups is 1. The molecule has 0 spiro atoms. The molecule has 96 valence electrons. The quantitative estimate of drug-likeness (QED) is 0.784. The Balaban J connectivity index is 2.18. The molecule has 0 radical (unpaired) electrons. The van der Waals surface area contributed by atoms with Crippen LogP contribution in [0.3, 0.4) is 0 Å². The Bertz CT molecular complexity index is 322. The van der Waals surface area contributed by atoms with Crippen LogP contribution in [-0.4, -0.2) is 18.5 Å². The standard InChI is InChI=1S/C13H22N2OS/c1-10(2)6-7-14-13(16)11(3)15-9-12-5-4-8-17-12/h4-5,8,10-11,15H,6-7,9H2,1-3H3,(H,14,16). The van der Waals surface area contributed by atoms with Crippen LogP contribution < -0.4 is 10.6 Å². The first-order valence-electron chi connectivity index (χ1n) is 6.13. The van der Waals surface area contributed by atoms with E-state index in [1.54, 1.807) is 11.3 Å². The predicted molar refractivity (Wildman–Crippen MR) is 73.1 cm³/mol. The van der Waals surface area contributed by atoms with Crippen LogP contribution in [0.15, 0.2) is 17.5 Å². The van der Waals surface area contributed by atoms with Crippen LogP contribution in [0.5, 0.6) is 0 Å². The number of nitrogens with one attached hydrogen (secondary N) is 2. The van der Waals surface area contributed by atoms with Gasteiger partial charge < -0.3 is 10.6 Å². The summed E-state index contributed by atoms with van der Waals surface area (Å²) in [6.07, 6.45) is 1.03. The zero-order chi connectivity index (χ0) is 12.7. The number of carbonyl (C=O) groups excluding carboxylic acids is 1. The molecule has 1 aromatic heterocycles. The molecule has 1 heterocycles. The Morgan fingerprint density at radius 2 is 2.18 bits per heavy atom. The van der Waals surface area contributed by atoms with E-state index >= 15 is 0 Å².